The molecule has 1 aromatic carbocycles. The number of carbonyl (C=O) groups is 2. The van der Waals surface area contributed by atoms with Gasteiger partial charge in [0.2, 0.25) is 0 Å². The van der Waals surface area contributed by atoms with Crippen LogP contribution in [-0.2, 0) is 14.0 Å². The van der Waals surface area contributed by atoms with Gasteiger partial charge in [-0.2, -0.15) is 8.78 Å². The fourth-order valence-electron chi connectivity index (χ4n) is 1.89. The van der Waals surface area contributed by atoms with Crippen LogP contribution in [0.4, 0.5) is 8.78 Å². The van der Waals surface area contributed by atoms with Gasteiger partial charge in [0.1, 0.15) is 12.2 Å². The van der Waals surface area contributed by atoms with Crippen LogP contribution in [0.15, 0.2) is 30.3 Å². The first-order chi connectivity index (χ1) is 12.1. The summed E-state index contributed by atoms with van der Waals surface area (Å²) in [6.07, 6.45) is -7.66. The number of aliphatic hydroxyl groups is 3. The van der Waals surface area contributed by atoms with E-state index in [2.05, 4.69) is 0 Å². The van der Waals surface area contributed by atoms with Crippen LogP contribution < -0.4 is 0 Å². The molecule has 152 valence electrons. The average molecular weight is 404 g/mol. The summed E-state index contributed by atoms with van der Waals surface area (Å²) in [5.74, 6) is -7.99. The van der Waals surface area contributed by atoms with Gasteiger partial charge in [-0.25, -0.2) is 4.79 Å². The predicted molar refractivity (Wildman–Crippen MR) is 96.7 cm³/mol. The number of carbonyl (C=O) groups excluding carboxylic acids is 2. The van der Waals surface area contributed by atoms with Crippen molar-refractivity contribution in [1.29, 1.82) is 0 Å². The third-order valence-electron chi connectivity index (χ3n) is 4.77. The van der Waals surface area contributed by atoms with Gasteiger partial charge in [-0.1, -0.05) is 51.1 Å². The Morgan fingerprint density at radius 1 is 1.04 bits per heavy atom. The third kappa shape index (κ3) is 5.19. The Bertz CT molecular complexity index is 672. The second-order valence-corrected chi connectivity index (χ2v) is 12.6. The molecular weight excluding hydrogens is 378 g/mol. The molecule has 0 saturated heterocycles. The number of Topliss-reactive ketones (excluding diaryl/α,β-unsaturated/α-hetero) is 1. The Labute approximate surface area is 157 Å². The topological polar surface area (TPSA) is 104 Å². The van der Waals surface area contributed by atoms with E-state index in [4.69, 9.17) is 4.43 Å². The van der Waals surface area contributed by atoms with E-state index in [0.717, 1.165) is 0 Å². The highest BCUT2D eigenvalue weighted by Gasteiger charge is 2.56. The molecule has 1 unspecified atom stereocenters. The second-order valence-electron chi connectivity index (χ2n) is 7.88. The van der Waals surface area contributed by atoms with Crippen molar-refractivity contribution in [3.63, 3.8) is 0 Å². The molecule has 0 fully saturated rings. The molecule has 27 heavy (non-hydrogen) atoms. The summed E-state index contributed by atoms with van der Waals surface area (Å²) in [6, 6.07) is 7.31. The molecule has 0 aliphatic carbocycles. The molecule has 0 radical (unpaired) electrons. The van der Waals surface area contributed by atoms with E-state index < -0.39 is 49.3 Å². The van der Waals surface area contributed by atoms with E-state index in [0.29, 0.717) is 0 Å². The summed E-state index contributed by atoms with van der Waals surface area (Å²) in [5.41, 5.74) is 0.0564. The molecule has 0 aliphatic rings. The van der Waals surface area contributed by atoms with E-state index in [1.807, 2.05) is 0 Å². The molecule has 0 aliphatic heterocycles. The summed E-state index contributed by atoms with van der Waals surface area (Å²) >= 11 is 0. The zero-order valence-corrected chi connectivity index (χ0v) is 16.9. The molecule has 0 amide bonds. The van der Waals surface area contributed by atoms with E-state index >= 15 is 0 Å². The lowest BCUT2D eigenvalue weighted by Crippen LogP contribution is -2.55. The number of rotatable bonds is 7. The van der Waals surface area contributed by atoms with Crippen molar-refractivity contribution in [1.82, 2.24) is 0 Å². The summed E-state index contributed by atoms with van der Waals surface area (Å²) in [6.45, 7) is 8.32. The fourth-order valence-corrected chi connectivity index (χ4v) is 2.79. The standard InChI is InChI=1S/C18H26F2O6Si/c1-17(2,3)27(4,5)26-16(25)18(19,20)15(24)14(23)13(22)12(21)11-9-7-6-8-10-11/h6-10,12,14-15,21,23-24H,1-5H3/t12?,14-,15-/m1/s1. The van der Waals surface area contributed by atoms with Crippen molar-refractivity contribution >= 4 is 20.1 Å². The van der Waals surface area contributed by atoms with Gasteiger partial charge in [-0.3, -0.25) is 4.79 Å². The highest BCUT2D eigenvalue weighted by molar-refractivity contribution is 6.75. The van der Waals surface area contributed by atoms with Gasteiger partial charge < -0.3 is 19.7 Å². The van der Waals surface area contributed by atoms with Gasteiger partial charge in [0.25, 0.3) is 8.32 Å². The van der Waals surface area contributed by atoms with Crippen LogP contribution in [0.5, 0.6) is 0 Å². The van der Waals surface area contributed by atoms with E-state index in [1.165, 1.54) is 24.3 Å². The minimum Gasteiger partial charge on any atom is -0.515 e. The van der Waals surface area contributed by atoms with E-state index in [9.17, 15) is 33.7 Å². The fraction of sp³-hybridized carbons (Fsp3) is 0.556. The molecule has 6 nitrogen and oxygen atoms in total. The third-order valence-corrected chi connectivity index (χ3v) is 9.08. The van der Waals surface area contributed by atoms with Gasteiger partial charge >= 0.3 is 11.9 Å². The van der Waals surface area contributed by atoms with Gasteiger partial charge in [-0.05, 0) is 23.7 Å². The molecule has 0 saturated carbocycles. The number of alkyl halides is 2. The molecule has 1 rings (SSSR count). The minimum atomic E-state index is -4.53. The van der Waals surface area contributed by atoms with Crippen LogP contribution in [-0.4, -0.2) is 53.5 Å². The molecular formula is C18H26F2O6Si. The van der Waals surface area contributed by atoms with Crippen LogP contribution in [0, 0.1) is 0 Å². The zero-order chi connectivity index (χ0) is 21.2. The summed E-state index contributed by atoms with van der Waals surface area (Å²) in [4.78, 5) is 24.0. The van der Waals surface area contributed by atoms with Crippen LogP contribution in [0.1, 0.15) is 32.4 Å². The number of halogens is 2. The lowest BCUT2D eigenvalue weighted by molar-refractivity contribution is -0.194. The van der Waals surface area contributed by atoms with Crippen LogP contribution in [0.2, 0.25) is 18.1 Å². The first-order valence-electron chi connectivity index (χ1n) is 8.37. The average Bonchev–Trinajstić information content (AvgIpc) is 2.58. The van der Waals surface area contributed by atoms with Crippen molar-refractivity contribution in [3.8, 4) is 0 Å². The molecule has 0 aromatic heterocycles. The number of benzene rings is 1. The van der Waals surface area contributed by atoms with E-state index in [1.54, 1.807) is 39.9 Å². The van der Waals surface area contributed by atoms with Crippen molar-refractivity contribution in [2.75, 3.05) is 0 Å². The van der Waals surface area contributed by atoms with Crippen molar-refractivity contribution in [2.45, 2.75) is 63.1 Å². The Kier molecular flexibility index (Phi) is 7.04. The Hall–Kier alpha value is -1.68. The van der Waals surface area contributed by atoms with Crippen LogP contribution in [0.3, 0.4) is 0 Å². The first-order valence-corrected chi connectivity index (χ1v) is 11.3. The summed E-state index contributed by atoms with van der Waals surface area (Å²) < 4.78 is 33.6. The molecule has 3 N–H and O–H groups in total. The Morgan fingerprint density at radius 3 is 1.96 bits per heavy atom. The van der Waals surface area contributed by atoms with Crippen LogP contribution in [0.25, 0.3) is 0 Å². The molecule has 0 bridgehead atoms. The van der Waals surface area contributed by atoms with Gasteiger partial charge in [0.05, 0.1) is 0 Å². The smallest absolute Gasteiger partial charge is 0.369 e. The van der Waals surface area contributed by atoms with Gasteiger partial charge in [0, 0.05) is 0 Å². The Morgan fingerprint density at radius 2 is 1.52 bits per heavy atom. The lowest BCUT2D eigenvalue weighted by atomic mass is 9.96. The number of aliphatic hydroxyl groups excluding tert-OH is 3. The molecule has 0 heterocycles. The number of hydrogen-bond acceptors (Lipinski definition) is 6. The predicted octanol–water partition coefficient (Wildman–Crippen LogP) is 2.19. The quantitative estimate of drug-likeness (QED) is 0.602. The van der Waals surface area contributed by atoms with Crippen molar-refractivity contribution in [2.24, 2.45) is 0 Å². The molecule has 0 spiro atoms. The van der Waals surface area contributed by atoms with Gasteiger partial charge in [0.15, 0.2) is 11.9 Å². The second kappa shape index (κ2) is 8.13. The largest absolute Gasteiger partial charge is 0.515 e. The highest BCUT2D eigenvalue weighted by Crippen LogP contribution is 2.38. The summed E-state index contributed by atoms with van der Waals surface area (Å²) in [7, 11) is -2.92. The van der Waals surface area contributed by atoms with Crippen molar-refractivity contribution < 1.29 is 38.1 Å². The SMILES string of the molecule is CC(C)(C)[Si](C)(C)OC(=O)C(F)(F)[C@H](O)[C@H](O)C(=O)C(O)c1ccccc1. The molecule has 9 heteroatoms. The minimum absolute atomic E-state index is 0.0564. The van der Waals surface area contributed by atoms with E-state index in [-0.39, 0.29) is 5.56 Å². The summed E-state index contributed by atoms with van der Waals surface area (Å²) in [5, 5.41) is 29.0. The monoisotopic (exact) mass is 404 g/mol. The Balaban J connectivity index is 2.96. The zero-order valence-electron chi connectivity index (χ0n) is 15.9. The lowest BCUT2D eigenvalue weighted by Gasteiger charge is -2.37. The maximum absolute atomic E-state index is 14.3. The normalized spacial score (nSPS) is 16.4. The molecule has 1 aromatic rings. The number of ketones is 1. The van der Waals surface area contributed by atoms with Gasteiger partial charge in [-0.15, -0.1) is 0 Å². The maximum Gasteiger partial charge on any atom is 0.369 e. The van der Waals surface area contributed by atoms with Crippen LogP contribution >= 0.6 is 0 Å². The molecule has 3 atom stereocenters. The maximum atomic E-state index is 14.3. The van der Waals surface area contributed by atoms with Crippen molar-refractivity contribution in [3.05, 3.63) is 35.9 Å². The first kappa shape index (κ1) is 23.4. The number of hydrogen-bond donors (Lipinski definition) is 3. The highest BCUT2D eigenvalue weighted by atomic mass is 28.4.